The summed E-state index contributed by atoms with van der Waals surface area (Å²) in [6.07, 6.45) is 0. The van der Waals surface area contributed by atoms with Crippen molar-refractivity contribution in [1.29, 1.82) is 0 Å². The predicted octanol–water partition coefficient (Wildman–Crippen LogP) is 4.31. The molecule has 1 aromatic heterocycles. The van der Waals surface area contributed by atoms with Gasteiger partial charge in [-0.15, -0.1) is 0 Å². The summed E-state index contributed by atoms with van der Waals surface area (Å²) in [6.45, 7) is 8.08. The van der Waals surface area contributed by atoms with Crippen LogP contribution in [0, 0.1) is 13.8 Å². The van der Waals surface area contributed by atoms with Gasteiger partial charge in [-0.25, -0.2) is 9.78 Å². The fourth-order valence-electron chi connectivity index (χ4n) is 2.24. The Morgan fingerprint density at radius 3 is 2.48 bits per heavy atom. The highest BCUT2D eigenvalue weighted by molar-refractivity contribution is 5.90. The maximum Gasteiger partial charge on any atom is 0.341 e. The van der Waals surface area contributed by atoms with Crippen LogP contribution in [0.4, 0.5) is 0 Å². The van der Waals surface area contributed by atoms with E-state index in [1.807, 2.05) is 25.1 Å². The molecule has 0 aliphatic rings. The van der Waals surface area contributed by atoms with Crippen LogP contribution in [0.15, 0.2) is 30.3 Å². The number of aryl methyl sites for hydroxylation is 2. The van der Waals surface area contributed by atoms with Crippen LogP contribution in [-0.2, 0) is 0 Å². The van der Waals surface area contributed by atoms with E-state index in [0.717, 1.165) is 5.56 Å². The van der Waals surface area contributed by atoms with Gasteiger partial charge in [0.25, 0.3) is 0 Å². The van der Waals surface area contributed by atoms with E-state index in [-0.39, 0.29) is 11.4 Å². The minimum atomic E-state index is -1.05. The minimum absolute atomic E-state index is 0.0613. The number of nitrogens with zero attached hydrogens (tertiary/aromatic N) is 1. The molecule has 0 bridgehead atoms. The third kappa shape index (κ3) is 3.40. The number of rotatable bonds is 4. The van der Waals surface area contributed by atoms with E-state index in [2.05, 4.69) is 18.8 Å². The van der Waals surface area contributed by atoms with Gasteiger partial charge in [-0.1, -0.05) is 19.9 Å². The van der Waals surface area contributed by atoms with Crippen molar-refractivity contribution in [3.63, 3.8) is 0 Å². The Hall–Kier alpha value is -2.36. The highest BCUT2D eigenvalue weighted by Gasteiger charge is 2.14. The van der Waals surface area contributed by atoms with Crippen molar-refractivity contribution in [3.05, 3.63) is 52.7 Å². The fraction of sp³-hybridized carbons (Fsp3) is 0.294. The lowest BCUT2D eigenvalue weighted by Gasteiger charge is -2.13. The van der Waals surface area contributed by atoms with Gasteiger partial charge in [-0.05, 0) is 55.2 Å². The second-order valence-electron chi connectivity index (χ2n) is 5.39. The molecule has 0 saturated carbocycles. The Morgan fingerprint density at radius 1 is 1.19 bits per heavy atom. The van der Waals surface area contributed by atoms with E-state index in [0.29, 0.717) is 17.4 Å². The number of aromatic carboxylic acids is 1. The third-order valence-corrected chi connectivity index (χ3v) is 3.31. The van der Waals surface area contributed by atoms with Crippen LogP contribution in [0.25, 0.3) is 0 Å². The minimum Gasteiger partial charge on any atom is -0.477 e. The van der Waals surface area contributed by atoms with Crippen LogP contribution < -0.4 is 4.74 Å². The molecule has 21 heavy (non-hydrogen) atoms. The maximum atomic E-state index is 11.2. The Kier molecular flexibility index (Phi) is 4.26. The average Bonchev–Trinajstić information content (AvgIpc) is 2.37. The number of hydrogen-bond acceptors (Lipinski definition) is 3. The zero-order chi connectivity index (χ0) is 15.6. The molecule has 110 valence electrons. The molecule has 0 unspecified atom stereocenters. The topological polar surface area (TPSA) is 59.4 Å². The van der Waals surface area contributed by atoms with E-state index < -0.39 is 5.97 Å². The quantitative estimate of drug-likeness (QED) is 0.909. The smallest absolute Gasteiger partial charge is 0.341 e. The van der Waals surface area contributed by atoms with Crippen molar-refractivity contribution >= 4 is 5.97 Å². The van der Waals surface area contributed by atoms with Gasteiger partial charge in [0.05, 0.1) is 0 Å². The summed E-state index contributed by atoms with van der Waals surface area (Å²) >= 11 is 0. The first-order valence-electron chi connectivity index (χ1n) is 6.88. The summed E-state index contributed by atoms with van der Waals surface area (Å²) in [7, 11) is 0. The van der Waals surface area contributed by atoms with Crippen molar-refractivity contribution in [1.82, 2.24) is 4.98 Å². The lowest BCUT2D eigenvalue weighted by Crippen LogP contribution is -2.03. The molecule has 1 heterocycles. The molecule has 0 saturated heterocycles. The standard InChI is InChI=1S/C17H19NO3/c1-10(2)14-8-6-13(9-11(14)3)21-16-15(17(19)20)7-5-12(4)18-16/h5-10H,1-4H3,(H,19,20). The molecule has 0 atom stereocenters. The third-order valence-electron chi connectivity index (χ3n) is 3.31. The molecule has 4 heteroatoms. The van der Waals surface area contributed by atoms with Gasteiger partial charge in [0.1, 0.15) is 11.3 Å². The molecule has 0 radical (unpaired) electrons. The molecule has 4 nitrogen and oxygen atoms in total. The molecule has 2 aromatic rings. The number of aromatic nitrogens is 1. The van der Waals surface area contributed by atoms with Crippen LogP contribution in [-0.4, -0.2) is 16.1 Å². The van der Waals surface area contributed by atoms with Gasteiger partial charge in [0.2, 0.25) is 5.88 Å². The summed E-state index contributed by atoms with van der Waals surface area (Å²) in [4.78, 5) is 15.4. The van der Waals surface area contributed by atoms with E-state index in [1.165, 1.54) is 11.6 Å². The van der Waals surface area contributed by atoms with Crippen LogP contribution in [0.5, 0.6) is 11.6 Å². The second-order valence-corrected chi connectivity index (χ2v) is 5.39. The number of hydrogen-bond donors (Lipinski definition) is 1. The van der Waals surface area contributed by atoms with Gasteiger partial charge in [0.15, 0.2) is 0 Å². The summed E-state index contributed by atoms with van der Waals surface area (Å²) in [5.74, 6) is 0.107. The number of carboxylic acids is 1. The highest BCUT2D eigenvalue weighted by atomic mass is 16.5. The van der Waals surface area contributed by atoms with Gasteiger partial charge >= 0.3 is 5.97 Å². The molecular formula is C17H19NO3. The molecule has 0 spiro atoms. The average molecular weight is 285 g/mol. The van der Waals surface area contributed by atoms with Gasteiger partial charge < -0.3 is 9.84 Å². The van der Waals surface area contributed by atoms with E-state index in [1.54, 1.807) is 13.0 Å². The molecular weight excluding hydrogens is 266 g/mol. The van der Waals surface area contributed by atoms with Crippen molar-refractivity contribution in [3.8, 4) is 11.6 Å². The SMILES string of the molecule is Cc1ccc(C(=O)O)c(Oc2ccc(C(C)C)c(C)c2)n1. The molecule has 1 aromatic carbocycles. The molecule has 0 amide bonds. The normalized spacial score (nSPS) is 10.7. The van der Waals surface area contributed by atoms with Crippen LogP contribution in [0.3, 0.4) is 0 Å². The van der Waals surface area contributed by atoms with Crippen molar-refractivity contribution < 1.29 is 14.6 Å². The zero-order valence-corrected chi connectivity index (χ0v) is 12.7. The molecule has 2 rings (SSSR count). The van der Waals surface area contributed by atoms with Crippen molar-refractivity contribution in [2.24, 2.45) is 0 Å². The number of benzene rings is 1. The van der Waals surface area contributed by atoms with Crippen molar-refractivity contribution in [2.45, 2.75) is 33.6 Å². The maximum absolute atomic E-state index is 11.2. The van der Waals surface area contributed by atoms with Crippen molar-refractivity contribution in [2.75, 3.05) is 0 Å². The van der Waals surface area contributed by atoms with E-state index >= 15 is 0 Å². The monoisotopic (exact) mass is 285 g/mol. The highest BCUT2D eigenvalue weighted by Crippen LogP contribution is 2.28. The summed E-state index contributed by atoms with van der Waals surface area (Å²) in [5.41, 5.74) is 3.14. The van der Waals surface area contributed by atoms with Crippen LogP contribution >= 0.6 is 0 Å². The van der Waals surface area contributed by atoms with E-state index in [9.17, 15) is 9.90 Å². The molecule has 0 aliphatic heterocycles. The molecule has 0 fully saturated rings. The number of ether oxygens (including phenoxy) is 1. The van der Waals surface area contributed by atoms with E-state index in [4.69, 9.17) is 4.74 Å². The lowest BCUT2D eigenvalue weighted by atomic mass is 9.98. The Labute approximate surface area is 124 Å². The van der Waals surface area contributed by atoms with Gasteiger partial charge in [-0.2, -0.15) is 0 Å². The first-order valence-corrected chi connectivity index (χ1v) is 6.88. The first kappa shape index (κ1) is 15.0. The Bertz CT molecular complexity index is 678. The first-order chi connectivity index (χ1) is 9.88. The van der Waals surface area contributed by atoms with Crippen LogP contribution in [0.2, 0.25) is 0 Å². The molecule has 1 N–H and O–H groups in total. The second kappa shape index (κ2) is 5.95. The largest absolute Gasteiger partial charge is 0.477 e. The zero-order valence-electron chi connectivity index (χ0n) is 12.7. The number of carboxylic acid groups (broad SMARTS) is 1. The summed E-state index contributed by atoms with van der Waals surface area (Å²) in [6, 6.07) is 8.92. The Balaban J connectivity index is 2.36. The summed E-state index contributed by atoms with van der Waals surface area (Å²) < 4.78 is 5.68. The van der Waals surface area contributed by atoms with Crippen LogP contribution in [0.1, 0.15) is 46.9 Å². The fourth-order valence-corrected chi connectivity index (χ4v) is 2.24. The van der Waals surface area contributed by atoms with Gasteiger partial charge in [-0.3, -0.25) is 0 Å². The predicted molar refractivity (Wildman–Crippen MR) is 81.3 cm³/mol. The number of carbonyl (C=O) groups is 1. The Morgan fingerprint density at radius 2 is 1.90 bits per heavy atom. The lowest BCUT2D eigenvalue weighted by molar-refractivity contribution is 0.0693. The number of pyridine rings is 1. The molecule has 0 aliphatic carbocycles. The summed E-state index contributed by atoms with van der Waals surface area (Å²) in [5, 5.41) is 9.19. The van der Waals surface area contributed by atoms with Gasteiger partial charge in [0, 0.05) is 5.69 Å².